The average molecular weight is 335 g/mol. The molecule has 88 valence electrons. The van der Waals surface area contributed by atoms with E-state index in [2.05, 4.69) is 27.9 Å². The molecule has 1 aromatic carbocycles. The van der Waals surface area contributed by atoms with Crippen molar-refractivity contribution in [1.82, 2.24) is 5.32 Å². The highest BCUT2D eigenvalue weighted by molar-refractivity contribution is 14.1. The third kappa shape index (κ3) is 3.55. The maximum atomic E-state index is 11.6. The molecule has 0 heterocycles. The van der Waals surface area contributed by atoms with Crippen LogP contribution in [0.4, 0.5) is 0 Å². The summed E-state index contributed by atoms with van der Waals surface area (Å²) in [5.41, 5.74) is 0.437. The van der Waals surface area contributed by atoms with Gasteiger partial charge < -0.3 is 15.2 Å². The fourth-order valence-corrected chi connectivity index (χ4v) is 1.58. The predicted octanol–water partition coefficient (Wildman–Crippen LogP) is 1.96. The monoisotopic (exact) mass is 335 g/mol. The Morgan fingerprint density at radius 3 is 2.88 bits per heavy atom. The summed E-state index contributed by atoms with van der Waals surface area (Å²) in [6.07, 6.45) is 0.939. The van der Waals surface area contributed by atoms with Crippen molar-refractivity contribution in [2.45, 2.75) is 6.42 Å². The number of amides is 1. The van der Waals surface area contributed by atoms with Crippen molar-refractivity contribution in [2.24, 2.45) is 0 Å². The number of rotatable bonds is 5. The number of halogens is 1. The van der Waals surface area contributed by atoms with Crippen LogP contribution in [0.2, 0.25) is 0 Å². The van der Waals surface area contributed by atoms with Crippen LogP contribution >= 0.6 is 22.6 Å². The number of methoxy groups -OCH3 is 1. The van der Waals surface area contributed by atoms with Gasteiger partial charge in [-0.05, 0) is 24.6 Å². The van der Waals surface area contributed by atoms with Crippen molar-refractivity contribution in [3.63, 3.8) is 0 Å². The van der Waals surface area contributed by atoms with Gasteiger partial charge in [0.05, 0.1) is 7.11 Å². The molecule has 1 aromatic rings. The van der Waals surface area contributed by atoms with Crippen LogP contribution < -0.4 is 10.1 Å². The van der Waals surface area contributed by atoms with E-state index in [1.165, 1.54) is 13.2 Å². The molecule has 0 unspecified atom stereocenters. The first-order valence-electron chi connectivity index (χ1n) is 4.90. The summed E-state index contributed by atoms with van der Waals surface area (Å²) < 4.78 is 5.90. The van der Waals surface area contributed by atoms with Crippen molar-refractivity contribution in [3.05, 3.63) is 23.8 Å². The number of carbonyl (C=O) groups is 1. The summed E-state index contributed by atoms with van der Waals surface area (Å²) in [4.78, 5) is 11.6. The Hall–Kier alpha value is -0.980. The highest BCUT2D eigenvalue weighted by Crippen LogP contribution is 2.25. The Morgan fingerprint density at radius 2 is 2.31 bits per heavy atom. The summed E-state index contributed by atoms with van der Waals surface area (Å²) in [6, 6.07) is 4.60. The molecular weight excluding hydrogens is 321 g/mol. The average Bonchev–Trinajstić information content (AvgIpc) is 2.29. The number of carbonyl (C=O) groups excluding carboxylic acids is 1. The topological polar surface area (TPSA) is 58.6 Å². The predicted molar refractivity (Wildman–Crippen MR) is 70.5 cm³/mol. The lowest BCUT2D eigenvalue weighted by Gasteiger charge is -2.06. The van der Waals surface area contributed by atoms with E-state index in [-0.39, 0.29) is 11.7 Å². The van der Waals surface area contributed by atoms with E-state index in [9.17, 15) is 9.90 Å². The Bertz CT molecular complexity index is 368. The van der Waals surface area contributed by atoms with Gasteiger partial charge in [-0.25, -0.2) is 0 Å². The van der Waals surface area contributed by atoms with Crippen LogP contribution in [0.5, 0.6) is 11.5 Å². The second kappa shape index (κ2) is 6.57. The van der Waals surface area contributed by atoms with Crippen molar-refractivity contribution in [2.75, 3.05) is 18.1 Å². The minimum atomic E-state index is -0.178. The molecular formula is C11H14INO3. The molecule has 5 heteroatoms. The SMILES string of the molecule is COc1ccc(C(=O)NCCCI)cc1O. The molecule has 0 aliphatic rings. The van der Waals surface area contributed by atoms with Gasteiger partial charge >= 0.3 is 0 Å². The first-order valence-corrected chi connectivity index (χ1v) is 6.42. The second-order valence-corrected chi connectivity index (χ2v) is 4.26. The minimum absolute atomic E-state index is 0.0240. The molecule has 0 aliphatic heterocycles. The molecule has 0 radical (unpaired) electrons. The lowest BCUT2D eigenvalue weighted by Crippen LogP contribution is -2.24. The molecule has 0 bridgehead atoms. The molecule has 0 saturated heterocycles. The van der Waals surface area contributed by atoms with Crippen molar-refractivity contribution in [3.8, 4) is 11.5 Å². The first-order chi connectivity index (χ1) is 7.69. The van der Waals surface area contributed by atoms with Gasteiger partial charge in [0.25, 0.3) is 5.91 Å². The molecule has 1 amide bonds. The van der Waals surface area contributed by atoms with Gasteiger partial charge in [-0.3, -0.25) is 4.79 Å². The number of alkyl halides is 1. The zero-order valence-corrected chi connectivity index (χ0v) is 11.2. The second-order valence-electron chi connectivity index (χ2n) is 3.19. The number of phenolic OH excluding ortho intramolecular Hbond substituents is 1. The van der Waals surface area contributed by atoms with E-state index in [0.29, 0.717) is 17.9 Å². The van der Waals surface area contributed by atoms with Crippen molar-refractivity contribution >= 4 is 28.5 Å². The highest BCUT2D eigenvalue weighted by Gasteiger charge is 2.08. The van der Waals surface area contributed by atoms with E-state index < -0.39 is 0 Å². The summed E-state index contributed by atoms with van der Waals surface area (Å²) in [6.45, 7) is 0.647. The molecule has 0 fully saturated rings. The van der Waals surface area contributed by atoms with Gasteiger partial charge in [0.2, 0.25) is 0 Å². The number of phenols is 1. The lowest BCUT2D eigenvalue weighted by molar-refractivity contribution is 0.0953. The zero-order chi connectivity index (χ0) is 12.0. The Balaban J connectivity index is 2.66. The number of benzene rings is 1. The molecule has 0 aliphatic carbocycles. The summed E-state index contributed by atoms with van der Waals surface area (Å²) in [5.74, 6) is 0.163. The Labute approximate surface area is 108 Å². The Morgan fingerprint density at radius 1 is 1.56 bits per heavy atom. The minimum Gasteiger partial charge on any atom is -0.504 e. The van der Waals surface area contributed by atoms with Crippen LogP contribution in [0.3, 0.4) is 0 Å². The number of hydrogen-bond donors (Lipinski definition) is 2. The molecule has 0 spiro atoms. The van der Waals surface area contributed by atoms with E-state index in [0.717, 1.165) is 10.8 Å². The standard InChI is InChI=1S/C11H14INO3/c1-16-10-4-3-8(7-9(10)14)11(15)13-6-2-5-12/h3-4,7,14H,2,5-6H2,1H3,(H,13,15). The molecule has 16 heavy (non-hydrogen) atoms. The fraction of sp³-hybridized carbons (Fsp3) is 0.364. The molecule has 0 atom stereocenters. The number of ether oxygens (including phenoxy) is 1. The summed E-state index contributed by atoms with van der Waals surface area (Å²) in [7, 11) is 1.47. The van der Waals surface area contributed by atoms with E-state index in [4.69, 9.17) is 4.74 Å². The maximum Gasteiger partial charge on any atom is 0.251 e. The maximum absolute atomic E-state index is 11.6. The van der Waals surface area contributed by atoms with Gasteiger partial charge in [-0.2, -0.15) is 0 Å². The smallest absolute Gasteiger partial charge is 0.251 e. The van der Waals surface area contributed by atoms with Crippen LogP contribution in [-0.2, 0) is 0 Å². The van der Waals surface area contributed by atoms with E-state index in [1.54, 1.807) is 12.1 Å². The zero-order valence-electron chi connectivity index (χ0n) is 9.00. The summed E-state index contributed by atoms with van der Waals surface area (Å²) >= 11 is 2.26. The van der Waals surface area contributed by atoms with Crippen LogP contribution in [-0.4, -0.2) is 29.1 Å². The molecule has 1 rings (SSSR count). The van der Waals surface area contributed by atoms with Crippen molar-refractivity contribution < 1.29 is 14.6 Å². The summed E-state index contributed by atoms with van der Waals surface area (Å²) in [5, 5.41) is 12.3. The third-order valence-corrected chi connectivity index (χ3v) is 2.80. The third-order valence-electron chi connectivity index (χ3n) is 2.04. The normalized spacial score (nSPS) is 9.88. The van der Waals surface area contributed by atoms with Gasteiger partial charge in [0.1, 0.15) is 0 Å². The molecule has 4 nitrogen and oxygen atoms in total. The quantitative estimate of drug-likeness (QED) is 0.491. The number of nitrogens with one attached hydrogen (secondary N) is 1. The van der Waals surface area contributed by atoms with Crippen LogP contribution in [0.25, 0.3) is 0 Å². The first kappa shape index (κ1) is 13.1. The van der Waals surface area contributed by atoms with Crippen molar-refractivity contribution in [1.29, 1.82) is 0 Å². The van der Waals surface area contributed by atoms with E-state index >= 15 is 0 Å². The number of hydrogen-bond acceptors (Lipinski definition) is 3. The van der Waals surface area contributed by atoms with Gasteiger partial charge in [0, 0.05) is 16.5 Å². The van der Waals surface area contributed by atoms with Crippen LogP contribution in [0.1, 0.15) is 16.8 Å². The number of aromatic hydroxyl groups is 1. The highest BCUT2D eigenvalue weighted by atomic mass is 127. The van der Waals surface area contributed by atoms with Gasteiger partial charge in [-0.1, -0.05) is 22.6 Å². The van der Waals surface area contributed by atoms with E-state index in [1.807, 2.05) is 0 Å². The molecule has 0 saturated carbocycles. The van der Waals surface area contributed by atoms with Gasteiger partial charge in [-0.15, -0.1) is 0 Å². The fourth-order valence-electron chi connectivity index (χ4n) is 1.20. The van der Waals surface area contributed by atoms with Gasteiger partial charge in [0.15, 0.2) is 11.5 Å². The Kier molecular flexibility index (Phi) is 5.37. The molecule has 2 N–H and O–H groups in total. The molecule has 0 aromatic heterocycles. The van der Waals surface area contributed by atoms with Crippen LogP contribution in [0, 0.1) is 0 Å². The largest absolute Gasteiger partial charge is 0.504 e. The van der Waals surface area contributed by atoms with Crippen LogP contribution in [0.15, 0.2) is 18.2 Å². The lowest BCUT2D eigenvalue weighted by atomic mass is 10.2.